The molecule has 0 radical (unpaired) electrons. The van der Waals surface area contributed by atoms with Crippen LogP contribution in [0.3, 0.4) is 0 Å². The van der Waals surface area contributed by atoms with E-state index in [2.05, 4.69) is 63.2 Å². The second-order valence-corrected chi connectivity index (χ2v) is 7.92. The molecule has 0 nitrogen and oxygen atoms in total. The van der Waals surface area contributed by atoms with E-state index >= 15 is 0 Å². The van der Waals surface area contributed by atoms with Gasteiger partial charge in [-0.2, -0.15) is 24.4 Å². The average molecular weight is 271 g/mol. The molecule has 0 aliphatic rings. The van der Waals surface area contributed by atoms with E-state index in [0.29, 0.717) is 9.33 Å². The molecule has 4 heteroatoms. The fourth-order valence-electron chi connectivity index (χ4n) is 1.48. The molecule has 0 aliphatic heterocycles. The molecule has 0 saturated carbocycles. The van der Waals surface area contributed by atoms with Gasteiger partial charge in [0.15, 0.2) is 0 Å². The van der Waals surface area contributed by atoms with Crippen LogP contribution in [0.4, 0.5) is 0 Å². The number of hydrogen-bond acceptors (Lipinski definition) is 4. The van der Waals surface area contributed by atoms with Gasteiger partial charge in [-0.15, -0.1) is 23.5 Å². The van der Waals surface area contributed by atoms with Crippen LogP contribution in [0, 0.1) is 0 Å². The van der Waals surface area contributed by atoms with Gasteiger partial charge in [0.2, 0.25) is 0 Å². The standard InChI is InChI=1S/C10H22S4/c1-5-10(12-4,14-6-2)9(3)13-8-7-11/h9,11H,5-8H2,1-4H3. The largest absolute Gasteiger partial charge is 0.179 e. The Bertz CT molecular complexity index is 134. The fourth-order valence-corrected chi connectivity index (χ4v) is 5.95. The van der Waals surface area contributed by atoms with E-state index in [1.54, 1.807) is 0 Å². The van der Waals surface area contributed by atoms with Crippen molar-refractivity contribution in [3.8, 4) is 0 Å². The Kier molecular flexibility index (Phi) is 9.39. The van der Waals surface area contributed by atoms with Crippen LogP contribution in [0.25, 0.3) is 0 Å². The topological polar surface area (TPSA) is 0 Å². The fraction of sp³-hybridized carbons (Fsp3) is 1.00. The first-order valence-corrected chi connectivity index (χ1v) is 8.97. The third-order valence-electron chi connectivity index (χ3n) is 2.31. The highest BCUT2D eigenvalue weighted by Gasteiger charge is 2.33. The Morgan fingerprint density at radius 1 is 1.36 bits per heavy atom. The monoisotopic (exact) mass is 270 g/mol. The lowest BCUT2D eigenvalue weighted by atomic mass is 10.2. The predicted molar refractivity (Wildman–Crippen MR) is 80.4 cm³/mol. The molecular formula is C10H22S4. The van der Waals surface area contributed by atoms with E-state index in [1.807, 2.05) is 11.8 Å². The SMILES string of the molecule is CCSC(CC)(SC)C(C)SCCS. The van der Waals surface area contributed by atoms with Gasteiger partial charge in [0.25, 0.3) is 0 Å². The molecular weight excluding hydrogens is 248 g/mol. The zero-order chi connectivity index (χ0) is 11.0. The van der Waals surface area contributed by atoms with Crippen LogP contribution in [0.1, 0.15) is 27.2 Å². The Morgan fingerprint density at radius 3 is 2.36 bits per heavy atom. The third kappa shape index (κ3) is 4.50. The molecule has 0 N–H and O–H groups in total. The zero-order valence-electron chi connectivity index (χ0n) is 9.58. The smallest absolute Gasteiger partial charge is 0.0720 e. The summed E-state index contributed by atoms with van der Waals surface area (Å²) in [5.41, 5.74) is 0. The minimum Gasteiger partial charge on any atom is -0.179 e. The molecule has 0 spiro atoms. The third-order valence-corrected chi connectivity index (χ3v) is 8.08. The predicted octanol–water partition coefficient (Wildman–Crippen LogP) is 4.26. The molecule has 2 atom stereocenters. The maximum Gasteiger partial charge on any atom is 0.0720 e. The van der Waals surface area contributed by atoms with Crippen molar-refractivity contribution < 1.29 is 0 Å². The van der Waals surface area contributed by atoms with Crippen LogP contribution >= 0.6 is 47.9 Å². The summed E-state index contributed by atoms with van der Waals surface area (Å²) in [7, 11) is 0. The van der Waals surface area contributed by atoms with Crippen LogP contribution < -0.4 is 0 Å². The van der Waals surface area contributed by atoms with Crippen molar-refractivity contribution in [2.24, 2.45) is 0 Å². The van der Waals surface area contributed by atoms with Gasteiger partial charge in [-0.1, -0.05) is 20.8 Å². The van der Waals surface area contributed by atoms with Crippen molar-refractivity contribution in [3.05, 3.63) is 0 Å². The van der Waals surface area contributed by atoms with Gasteiger partial charge < -0.3 is 0 Å². The minimum atomic E-state index is 0.405. The molecule has 0 bridgehead atoms. The quantitative estimate of drug-likeness (QED) is 0.517. The molecule has 0 aromatic heterocycles. The average Bonchev–Trinajstić information content (AvgIpc) is 2.22. The maximum absolute atomic E-state index is 4.27. The van der Waals surface area contributed by atoms with Gasteiger partial charge in [-0.3, -0.25) is 0 Å². The number of rotatable bonds is 8. The summed E-state index contributed by atoms with van der Waals surface area (Å²) in [6, 6.07) is 0. The molecule has 0 heterocycles. The van der Waals surface area contributed by atoms with Crippen LogP contribution in [0.5, 0.6) is 0 Å². The minimum absolute atomic E-state index is 0.405. The number of thioether (sulfide) groups is 3. The Hall–Kier alpha value is 1.40. The summed E-state index contributed by atoms with van der Waals surface area (Å²) >= 11 is 10.4. The number of hydrogen-bond donors (Lipinski definition) is 1. The van der Waals surface area contributed by atoms with Crippen LogP contribution in [0.15, 0.2) is 0 Å². The highest BCUT2D eigenvalue weighted by Crippen LogP contribution is 2.46. The van der Waals surface area contributed by atoms with Gasteiger partial charge in [0.1, 0.15) is 0 Å². The first-order chi connectivity index (χ1) is 6.66. The van der Waals surface area contributed by atoms with E-state index in [1.165, 1.54) is 12.2 Å². The van der Waals surface area contributed by atoms with E-state index in [-0.39, 0.29) is 0 Å². The van der Waals surface area contributed by atoms with Crippen molar-refractivity contribution in [1.82, 2.24) is 0 Å². The molecule has 0 aliphatic carbocycles. The summed E-state index contributed by atoms with van der Waals surface area (Å²) in [5, 5.41) is 0.708. The van der Waals surface area contributed by atoms with Gasteiger partial charge in [-0.05, 0) is 24.2 Å². The highest BCUT2D eigenvalue weighted by atomic mass is 32.2. The Morgan fingerprint density at radius 2 is 2.00 bits per heavy atom. The summed E-state index contributed by atoms with van der Waals surface area (Å²) in [5.74, 6) is 3.36. The van der Waals surface area contributed by atoms with Gasteiger partial charge in [0, 0.05) is 11.0 Å². The summed E-state index contributed by atoms with van der Waals surface area (Å²) in [6.45, 7) is 6.91. The first-order valence-electron chi connectivity index (χ1n) is 5.08. The molecule has 0 aromatic rings. The lowest BCUT2D eigenvalue weighted by Crippen LogP contribution is -2.31. The molecule has 0 rings (SSSR count). The molecule has 0 amide bonds. The molecule has 0 saturated heterocycles. The summed E-state index contributed by atoms with van der Waals surface area (Å²) < 4.78 is 0.405. The Balaban J connectivity index is 4.28. The second-order valence-electron chi connectivity index (χ2n) is 3.04. The normalized spacial score (nSPS) is 17.8. The van der Waals surface area contributed by atoms with E-state index < -0.39 is 0 Å². The molecule has 0 aromatic carbocycles. The van der Waals surface area contributed by atoms with Gasteiger partial charge >= 0.3 is 0 Å². The lowest BCUT2D eigenvalue weighted by molar-refractivity contribution is 0.756. The maximum atomic E-state index is 4.27. The Labute approximate surface area is 108 Å². The summed E-state index contributed by atoms with van der Waals surface area (Å²) in [6.07, 6.45) is 3.48. The van der Waals surface area contributed by atoms with E-state index in [4.69, 9.17) is 0 Å². The number of thiol groups is 1. The van der Waals surface area contributed by atoms with Crippen molar-refractivity contribution in [3.63, 3.8) is 0 Å². The van der Waals surface area contributed by atoms with E-state index in [9.17, 15) is 0 Å². The zero-order valence-corrected chi connectivity index (χ0v) is 12.9. The van der Waals surface area contributed by atoms with Gasteiger partial charge in [0.05, 0.1) is 4.08 Å². The van der Waals surface area contributed by atoms with Crippen molar-refractivity contribution >= 4 is 47.9 Å². The molecule has 0 fully saturated rings. The molecule has 2 unspecified atom stereocenters. The highest BCUT2D eigenvalue weighted by molar-refractivity contribution is 8.19. The molecule has 86 valence electrons. The van der Waals surface area contributed by atoms with Crippen LogP contribution in [-0.2, 0) is 0 Å². The van der Waals surface area contributed by atoms with E-state index in [0.717, 1.165) is 11.5 Å². The van der Waals surface area contributed by atoms with Crippen molar-refractivity contribution in [2.45, 2.75) is 36.5 Å². The van der Waals surface area contributed by atoms with Crippen LogP contribution in [0.2, 0.25) is 0 Å². The second kappa shape index (κ2) is 8.54. The first kappa shape index (κ1) is 15.4. The van der Waals surface area contributed by atoms with Crippen LogP contribution in [-0.4, -0.2) is 32.8 Å². The van der Waals surface area contributed by atoms with Gasteiger partial charge in [-0.25, -0.2) is 0 Å². The lowest BCUT2D eigenvalue weighted by Gasteiger charge is -2.35. The van der Waals surface area contributed by atoms with Crippen molar-refractivity contribution in [2.75, 3.05) is 23.5 Å². The summed E-state index contributed by atoms with van der Waals surface area (Å²) in [4.78, 5) is 0. The molecule has 14 heavy (non-hydrogen) atoms. The van der Waals surface area contributed by atoms with Crippen molar-refractivity contribution in [1.29, 1.82) is 0 Å².